The molecule has 6 heteroatoms. The second-order valence-corrected chi connectivity index (χ2v) is 5.31. The Hall–Kier alpha value is -2.08. The molecule has 0 bridgehead atoms. The van der Waals surface area contributed by atoms with E-state index in [0.29, 0.717) is 16.5 Å². The molecule has 102 valence electrons. The molecule has 0 saturated heterocycles. The van der Waals surface area contributed by atoms with E-state index in [1.54, 1.807) is 18.1 Å². The summed E-state index contributed by atoms with van der Waals surface area (Å²) in [4.78, 5) is 13.1. The SMILES string of the molecule is CCn1cnc2c(N)nc(SCc3ccccc3)nc21. The van der Waals surface area contributed by atoms with Gasteiger partial charge in [-0.1, -0.05) is 42.1 Å². The summed E-state index contributed by atoms with van der Waals surface area (Å²) in [6.45, 7) is 2.87. The van der Waals surface area contributed by atoms with E-state index in [1.165, 1.54) is 5.56 Å². The molecule has 0 spiro atoms. The first-order valence-corrected chi connectivity index (χ1v) is 7.41. The average Bonchev–Trinajstić information content (AvgIpc) is 2.90. The molecule has 2 N–H and O–H groups in total. The van der Waals surface area contributed by atoms with Crippen LogP contribution in [-0.2, 0) is 12.3 Å². The largest absolute Gasteiger partial charge is 0.382 e. The maximum Gasteiger partial charge on any atom is 0.191 e. The van der Waals surface area contributed by atoms with Crippen LogP contribution in [0, 0.1) is 0 Å². The average molecular weight is 285 g/mol. The van der Waals surface area contributed by atoms with Gasteiger partial charge in [0, 0.05) is 12.3 Å². The van der Waals surface area contributed by atoms with E-state index < -0.39 is 0 Å². The Bertz CT molecular complexity index is 723. The van der Waals surface area contributed by atoms with Crippen LogP contribution < -0.4 is 5.73 Å². The van der Waals surface area contributed by atoms with Crippen molar-refractivity contribution in [3.63, 3.8) is 0 Å². The van der Waals surface area contributed by atoms with E-state index in [0.717, 1.165) is 17.9 Å². The number of hydrogen-bond donors (Lipinski definition) is 1. The molecule has 3 rings (SSSR count). The normalized spacial score (nSPS) is 11.1. The van der Waals surface area contributed by atoms with Gasteiger partial charge in [-0.2, -0.15) is 0 Å². The van der Waals surface area contributed by atoms with E-state index in [9.17, 15) is 0 Å². The molecule has 0 radical (unpaired) electrons. The van der Waals surface area contributed by atoms with Gasteiger partial charge in [0.1, 0.15) is 5.52 Å². The van der Waals surface area contributed by atoms with Crippen LogP contribution in [0.2, 0.25) is 0 Å². The molecule has 1 aromatic carbocycles. The summed E-state index contributed by atoms with van der Waals surface area (Å²) in [7, 11) is 0. The highest BCUT2D eigenvalue weighted by Gasteiger charge is 2.10. The number of rotatable bonds is 4. The molecule has 0 aliphatic rings. The number of fused-ring (bicyclic) bond motifs is 1. The first kappa shape index (κ1) is 12.9. The van der Waals surface area contributed by atoms with Crippen molar-refractivity contribution in [1.82, 2.24) is 19.5 Å². The van der Waals surface area contributed by atoms with Gasteiger partial charge in [0.15, 0.2) is 16.6 Å². The maximum atomic E-state index is 5.95. The Morgan fingerprint density at radius 3 is 2.75 bits per heavy atom. The zero-order chi connectivity index (χ0) is 13.9. The lowest BCUT2D eigenvalue weighted by Crippen LogP contribution is -2.00. The number of aryl methyl sites for hydroxylation is 1. The monoisotopic (exact) mass is 285 g/mol. The Labute approximate surface area is 121 Å². The van der Waals surface area contributed by atoms with Gasteiger partial charge in [-0.3, -0.25) is 0 Å². The third-order valence-electron chi connectivity index (χ3n) is 3.02. The number of nitrogens with zero attached hydrogens (tertiary/aromatic N) is 4. The number of benzene rings is 1. The molecule has 3 aromatic rings. The molecular weight excluding hydrogens is 270 g/mol. The van der Waals surface area contributed by atoms with Crippen molar-refractivity contribution < 1.29 is 0 Å². The molecular formula is C14H15N5S. The summed E-state index contributed by atoms with van der Waals surface area (Å²) in [6.07, 6.45) is 1.75. The van der Waals surface area contributed by atoms with Gasteiger partial charge in [0.05, 0.1) is 6.33 Å². The summed E-state index contributed by atoms with van der Waals surface area (Å²) in [6, 6.07) is 10.2. The molecule has 20 heavy (non-hydrogen) atoms. The zero-order valence-corrected chi connectivity index (χ0v) is 12.0. The van der Waals surface area contributed by atoms with E-state index >= 15 is 0 Å². The predicted molar refractivity (Wildman–Crippen MR) is 81.4 cm³/mol. The van der Waals surface area contributed by atoms with Crippen molar-refractivity contribution >= 4 is 28.7 Å². The van der Waals surface area contributed by atoms with Crippen molar-refractivity contribution in [3.8, 4) is 0 Å². The van der Waals surface area contributed by atoms with Gasteiger partial charge in [0.2, 0.25) is 0 Å². The van der Waals surface area contributed by atoms with Crippen LogP contribution in [0.4, 0.5) is 5.82 Å². The molecule has 0 atom stereocenters. The molecule has 0 amide bonds. The van der Waals surface area contributed by atoms with Crippen LogP contribution in [0.25, 0.3) is 11.2 Å². The van der Waals surface area contributed by atoms with Crippen LogP contribution in [0.5, 0.6) is 0 Å². The molecule has 0 aliphatic carbocycles. The van der Waals surface area contributed by atoms with E-state index in [4.69, 9.17) is 5.73 Å². The van der Waals surface area contributed by atoms with Gasteiger partial charge < -0.3 is 10.3 Å². The summed E-state index contributed by atoms with van der Waals surface area (Å²) in [5.74, 6) is 1.27. The van der Waals surface area contributed by atoms with Crippen LogP contribution in [0.1, 0.15) is 12.5 Å². The second-order valence-electron chi connectivity index (χ2n) is 4.37. The van der Waals surface area contributed by atoms with Crippen molar-refractivity contribution in [2.75, 3.05) is 5.73 Å². The third-order valence-corrected chi connectivity index (χ3v) is 3.94. The first-order valence-electron chi connectivity index (χ1n) is 6.43. The Balaban J connectivity index is 1.88. The summed E-state index contributed by atoms with van der Waals surface area (Å²) < 4.78 is 1.97. The fourth-order valence-electron chi connectivity index (χ4n) is 1.96. The third kappa shape index (κ3) is 2.46. The molecule has 2 aromatic heterocycles. The fourth-order valence-corrected chi connectivity index (χ4v) is 2.77. The maximum absolute atomic E-state index is 5.95. The lowest BCUT2D eigenvalue weighted by atomic mass is 10.2. The van der Waals surface area contributed by atoms with E-state index in [2.05, 4.69) is 34.0 Å². The minimum Gasteiger partial charge on any atom is -0.382 e. The predicted octanol–water partition coefficient (Wildman–Crippen LogP) is 2.72. The number of anilines is 1. The second kappa shape index (κ2) is 5.50. The Morgan fingerprint density at radius 2 is 2.00 bits per heavy atom. The molecule has 5 nitrogen and oxygen atoms in total. The van der Waals surface area contributed by atoms with Crippen LogP contribution in [0.15, 0.2) is 41.8 Å². The topological polar surface area (TPSA) is 69.6 Å². The highest BCUT2D eigenvalue weighted by Crippen LogP contribution is 2.24. The number of nitrogen functional groups attached to an aromatic ring is 1. The molecule has 2 heterocycles. The molecule has 0 unspecified atom stereocenters. The summed E-state index contributed by atoms with van der Waals surface area (Å²) >= 11 is 1.58. The van der Waals surface area contributed by atoms with Gasteiger partial charge in [-0.05, 0) is 12.5 Å². The molecule has 0 saturated carbocycles. The lowest BCUT2D eigenvalue weighted by Gasteiger charge is -2.04. The highest BCUT2D eigenvalue weighted by atomic mass is 32.2. The number of imidazole rings is 1. The highest BCUT2D eigenvalue weighted by molar-refractivity contribution is 7.98. The molecule has 0 aliphatic heterocycles. The first-order chi connectivity index (χ1) is 9.78. The van der Waals surface area contributed by atoms with Crippen LogP contribution in [0.3, 0.4) is 0 Å². The Kier molecular flexibility index (Phi) is 3.56. The standard InChI is InChI=1S/C14H15N5S/c1-2-19-9-16-11-12(15)17-14(18-13(11)19)20-8-10-6-4-3-5-7-10/h3-7,9H,2,8H2,1H3,(H2,15,17,18). The quantitative estimate of drug-likeness (QED) is 0.589. The minimum absolute atomic E-state index is 0.442. The summed E-state index contributed by atoms with van der Waals surface area (Å²) in [5.41, 5.74) is 8.67. The van der Waals surface area contributed by atoms with E-state index in [1.807, 2.05) is 22.8 Å². The minimum atomic E-state index is 0.442. The fraction of sp³-hybridized carbons (Fsp3) is 0.214. The smallest absolute Gasteiger partial charge is 0.191 e. The van der Waals surface area contributed by atoms with Gasteiger partial charge >= 0.3 is 0 Å². The number of hydrogen-bond acceptors (Lipinski definition) is 5. The summed E-state index contributed by atoms with van der Waals surface area (Å²) in [5, 5.41) is 0.689. The van der Waals surface area contributed by atoms with Crippen LogP contribution >= 0.6 is 11.8 Å². The lowest BCUT2D eigenvalue weighted by molar-refractivity contribution is 0.771. The zero-order valence-electron chi connectivity index (χ0n) is 11.2. The van der Waals surface area contributed by atoms with E-state index in [-0.39, 0.29) is 0 Å². The van der Waals surface area contributed by atoms with Crippen molar-refractivity contribution in [3.05, 3.63) is 42.2 Å². The van der Waals surface area contributed by atoms with Gasteiger partial charge in [0.25, 0.3) is 0 Å². The van der Waals surface area contributed by atoms with Gasteiger partial charge in [-0.25, -0.2) is 15.0 Å². The van der Waals surface area contributed by atoms with Crippen molar-refractivity contribution in [1.29, 1.82) is 0 Å². The van der Waals surface area contributed by atoms with Crippen LogP contribution in [-0.4, -0.2) is 19.5 Å². The number of aromatic nitrogens is 4. The number of nitrogens with two attached hydrogens (primary N) is 1. The molecule has 0 fully saturated rings. The Morgan fingerprint density at radius 1 is 1.20 bits per heavy atom. The number of thioether (sulfide) groups is 1. The van der Waals surface area contributed by atoms with Crippen molar-refractivity contribution in [2.24, 2.45) is 0 Å². The van der Waals surface area contributed by atoms with Crippen molar-refractivity contribution in [2.45, 2.75) is 24.4 Å². The van der Waals surface area contributed by atoms with Gasteiger partial charge in [-0.15, -0.1) is 0 Å².